The van der Waals surface area contributed by atoms with Crippen LogP contribution in [0.25, 0.3) is 11.1 Å². The maximum atomic E-state index is 13.0. The van der Waals surface area contributed by atoms with Crippen LogP contribution >= 0.6 is 32.9 Å². The minimum absolute atomic E-state index is 0.143. The smallest absolute Gasteiger partial charge is 0.275 e. The van der Waals surface area contributed by atoms with Crippen LogP contribution in [-0.4, -0.2) is 46.4 Å². The highest BCUT2D eigenvalue weighted by atomic mass is 33.1. The van der Waals surface area contributed by atoms with Crippen molar-refractivity contribution in [2.45, 2.75) is 44.3 Å². The fraction of sp³-hybridized carbons (Fsp3) is 0.407. The number of benzene rings is 2. The number of aryl methyl sites for hydroxylation is 1. The number of anilines is 1. The molecule has 1 N–H and O–H groups in total. The highest BCUT2D eigenvalue weighted by Crippen LogP contribution is 2.36. The number of amides is 1. The largest absolute Gasteiger partial charge is 0.320 e. The van der Waals surface area contributed by atoms with Crippen molar-refractivity contribution in [1.82, 2.24) is 9.88 Å². The number of nitrogens with zero attached hydrogens (tertiary/aromatic N) is 2. The van der Waals surface area contributed by atoms with Crippen LogP contribution in [0.4, 0.5) is 5.69 Å². The number of hydrogen-bond donors (Lipinski definition) is 1. The lowest BCUT2D eigenvalue weighted by molar-refractivity contribution is 0.102. The van der Waals surface area contributed by atoms with Gasteiger partial charge >= 0.3 is 0 Å². The standard InChI is InChI=1S/C27H33N3OS3/c1-19-9-11-20(12-10-19)22-7-5-6-8-23(22)28-25(31)24-17-33-26(29-24)21-13-15-30(16-14-21)18-27(2,3)34-32-4/h5-12,17,21H,13-16,18H2,1-4H3,(H,28,31). The molecule has 1 aliphatic heterocycles. The van der Waals surface area contributed by atoms with Crippen molar-refractivity contribution in [3.05, 3.63) is 70.2 Å². The second-order valence-electron chi connectivity index (χ2n) is 9.50. The zero-order valence-corrected chi connectivity index (χ0v) is 22.8. The van der Waals surface area contributed by atoms with Gasteiger partial charge in [0.05, 0.1) is 5.01 Å². The number of piperidine rings is 1. The number of aromatic nitrogens is 1. The molecular formula is C27H33N3OS3. The van der Waals surface area contributed by atoms with E-state index in [-0.39, 0.29) is 10.7 Å². The minimum atomic E-state index is -0.143. The van der Waals surface area contributed by atoms with Crippen molar-refractivity contribution in [3.63, 3.8) is 0 Å². The fourth-order valence-corrected chi connectivity index (χ4v) is 7.64. The van der Waals surface area contributed by atoms with Gasteiger partial charge in [0.1, 0.15) is 5.69 Å². The normalized spacial score (nSPS) is 15.4. The summed E-state index contributed by atoms with van der Waals surface area (Å²) in [6.07, 6.45) is 4.35. The van der Waals surface area contributed by atoms with E-state index in [4.69, 9.17) is 4.98 Å². The maximum absolute atomic E-state index is 13.0. The van der Waals surface area contributed by atoms with Crippen LogP contribution in [0, 0.1) is 6.92 Å². The van der Waals surface area contributed by atoms with E-state index in [2.05, 4.69) is 61.5 Å². The molecule has 0 bridgehead atoms. The molecule has 34 heavy (non-hydrogen) atoms. The minimum Gasteiger partial charge on any atom is -0.320 e. The molecule has 180 valence electrons. The van der Waals surface area contributed by atoms with Crippen LogP contribution in [0.5, 0.6) is 0 Å². The number of para-hydroxylation sites is 1. The van der Waals surface area contributed by atoms with Gasteiger partial charge in [-0.1, -0.05) is 69.6 Å². The third-order valence-electron chi connectivity index (χ3n) is 6.14. The summed E-state index contributed by atoms with van der Waals surface area (Å²) in [5, 5.41) is 6.09. The van der Waals surface area contributed by atoms with E-state index in [0.717, 1.165) is 54.3 Å². The summed E-state index contributed by atoms with van der Waals surface area (Å²) in [4.78, 5) is 20.4. The van der Waals surface area contributed by atoms with Gasteiger partial charge in [0.2, 0.25) is 0 Å². The molecule has 0 atom stereocenters. The molecule has 1 amide bonds. The molecule has 1 saturated heterocycles. The quantitative estimate of drug-likeness (QED) is 0.321. The first kappa shape index (κ1) is 25.3. The zero-order chi connectivity index (χ0) is 24.1. The van der Waals surface area contributed by atoms with Crippen LogP contribution in [0.3, 0.4) is 0 Å². The lowest BCUT2D eigenvalue weighted by Crippen LogP contribution is -2.40. The van der Waals surface area contributed by atoms with Gasteiger partial charge < -0.3 is 10.2 Å². The van der Waals surface area contributed by atoms with Gasteiger partial charge in [-0.15, -0.1) is 11.3 Å². The molecule has 4 rings (SSSR count). The molecule has 0 saturated carbocycles. The van der Waals surface area contributed by atoms with Crippen molar-refractivity contribution in [2.75, 3.05) is 31.2 Å². The second kappa shape index (κ2) is 11.3. The topological polar surface area (TPSA) is 45.2 Å². The average molecular weight is 512 g/mol. The number of carbonyl (C=O) groups is 1. The van der Waals surface area contributed by atoms with Gasteiger partial charge in [-0.3, -0.25) is 4.79 Å². The number of likely N-dealkylation sites (tertiary alicyclic amines) is 1. The Morgan fingerprint density at radius 2 is 1.85 bits per heavy atom. The molecule has 1 aromatic heterocycles. The van der Waals surface area contributed by atoms with Gasteiger partial charge in [0.25, 0.3) is 5.91 Å². The Hall–Kier alpha value is -1.80. The summed E-state index contributed by atoms with van der Waals surface area (Å²) in [5.41, 5.74) is 4.64. The van der Waals surface area contributed by atoms with Crippen LogP contribution in [0.1, 0.15) is 53.7 Å². The lowest BCUT2D eigenvalue weighted by atomic mass is 9.97. The third-order valence-corrected chi connectivity index (χ3v) is 9.75. The molecule has 1 aliphatic rings. The number of carbonyl (C=O) groups excluding carboxylic acids is 1. The SMILES string of the molecule is CSSC(C)(C)CN1CCC(c2nc(C(=O)Nc3ccccc3-c3ccc(C)cc3)cs2)CC1. The maximum Gasteiger partial charge on any atom is 0.275 e. The Bertz CT molecular complexity index is 1100. The van der Waals surface area contributed by atoms with Crippen molar-refractivity contribution in [3.8, 4) is 11.1 Å². The first-order valence-corrected chi connectivity index (χ1v) is 15.2. The Balaban J connectivity index is 1.38. The predicted octanol–water partition coefficient (Wildman–Crippen LogP) is 7.34. The van der Waals surface area contributed by atoms with Gasteiger partial charge in [-0.2, -0.15) is 0 Å². The highest BCUT2D eigenvalue weighted by molar-refractivity contribution is 8.76. The van der Waals surface area contributed by atoms with E-state index in [0.29, 0.717) is 11.6 Å². The summed E-state index contributed by atoms with van der Waals surface area (Å²) >= 11 is 1.62. The van der Waals surface area contributed by atoms with Gasteiger partial charge in [-0.25, -0.2) is 4.98 Å². The first-order chi connectivity index (χ1) is 16.3. The van der Waals surface area contributed by atoms with E-state index >= 15 is 0 Å². The van der Waals surface area contributed by atoms with E-state index in [9.17, 15) is 4.79 Å². The monoisotopic (exact) mass is 511 g/mol. The van der Waals surface area contributed by atoms with E-state index < -0.39 is 0 Å². The predicted molar refractivity (Wildman–Crippen MR) is 150 cm³/mol. The summed E-state index contributed by atoms with van der Waals surface area (Å²) in [6.45, 7) is 10.0. The highest BCUT2D eigenvalue weighted by Gasteiger charge is 2.28. The fourth-order valence-electron chi connectivity index (χ4n) is 4.47. The number of nitrogens with one attached hydrogen (secondary N) is 1. The zero-order valence-electron chi connectivity index (χ0n) is 20.3. The van der Waals surface area contributed by atoms with E-state index in [1.165, 1.54) is 5.56 Å². The van der Waals surface area contributed by atoms with Crippen molar-refractivity contribution < 1.29 is 4.79 Å². The Labute approximate surface area is 215 Å². The number of rotatable bonds is 8. The molecule has 1 fully saturated rings. The Morgan fingerprint density at radius 1 is 1.15 bits per heavy atom. The molecule has 2 aromatic carbocycles. The van der Waals surface area contributed by atoms with Crippen molar-refractivity contribution in [2.24, 2.45) is 0 Å². The van der Waals surface area contributed by atoms with Gasteiger partial charge in [0.15, 0.2) is 0 Å². The lowest BCUT2D eigenvalue weighted by Gasteiger charge is -2.36. The molecule has 2 heterocycles. The first-order valence-electron chi connectivity index (χ1n) is 11.7. The van der Waals surface area contributed by atoms with Crippen LogP contribution in [0.2, 0.25) is 0 Å². The number of thiazole rings is 1. The molecule has 0 unspecified atom stereocenters. The molecular weight excluding hydrogens is 479 g/mol. The van der Waals surface area contributed by atoms with Gasteiger partial charge in [-0.05, 0) is 64.6 Å². The van der Waals surface area contributed by atoms with Crippen LogP contribution in [0.15, 0.2) is 53.9 Å². The van der Waals surface area contributed by atoms with Gasteiger partial charge in [0, 0.05) is 33.8 Å². The van der Waals surface area contributed by atoms with E-state index in [1.54, 1.807) is 11.3 Å². The van der Waals surface area contributed by atoms with Crippen LogP contribution in [-0.2, 0) is 0 Å². The molecule has 0 aliphatic carbocycles. The second-order valence-corrected chi connectivity index (χ2v) is 13.5. The number of hydrogen-bond acceptors (Lipinski definition) is 6. The molecule has 0 spiro atoms. The molecule has 0 radical (unpaired) electrons. The Kier molecular flexibility index (Phi) is 8.40. The summed E-state index contributed by atoms with van der Waals surface area (Å²) < 4.78 is 0.258. The molecule has 3 aromatic rings. The summed E-state index contributed by atoms with van der Waals surface area (Å²) in [5.74, 6) is 0.300. The third kappa shape index (κ3) is 6.45. The van der Waals surface area contributed by atoms with Crippen molar-refractivity contribution >= 4 is 44.5 Å². The average Bonchev–Trinajstić information content (AvgIpc) is 3.31. The van der Waals surface area contributed by atoms with Crippen LogP contribution < -0.4 is 5.32 Å². The Morgan fingerprint density at radius 3 is 2.56 bits per heavy atom. The summed E-state index contributed by atoms with van der Waals surface area (Å²) in [6, 6.07) is 16.3. The van der Waals surface area contributed by atoms with Crippen molar-refractivity contribution in [1.29, 1.82) is 0 Å². The molecule has 4 nitrogen and oxygen atoms in total. The van der Waals surface area contributed by atoms with E-state index in [1.807, 2.05) is 51.2 Å². The summed E-state index contributed by atoms with van der Waals surface area (Å²) in [7, 11) is 3.80. The molecule has 7 heteroatoms.